The molecule has 0 amide bonds. The average Bonchev–Trinajstić information content (AvgIpc) is 2.39. The number of hydrogen-bond donors (Lipinski definition) is 1. The first-order chi connectivity index (χ1) is 8.97. The van der Waals surface area contributed by atoms with E-state index in [4.69, 9.17) is 0 Å². The number of nitrogens with one attached hydrogen (secondary N) is 1. The Bertz CT molecular complexity index is 532. The molecule has 0 atom stereocenters. The molecule has 0 bridgehead atoms. The van der Waals surface area contributed by atoms with Crippen molar-refractivity contribution in [2.24, 2.45) is 0 Å². The van der Waals surface area contributed by atoms with Gasteiger partial charge < -0.3 is 5.32 Å². The van der Waals surface area contributed by atoms with E-state index in [9.17, 15) is 4.39 Å². The van der Waals surface area contributed by atoms with Crippen LogP contribution < -0.4 is 5.32 Å². The van der Waals surface area contributed by atoms with Gasteiger partial charge in [-0.15, -0.1) is 0 Å². The zero-order chi connectivity index (χ0) is 13.9. The second-order valence-corrected chi connectivity index (χ2v) is 6.03. The third-order valence-electron chi connectivity index (χ3n) is 3.21. The van der Waals surface area contributed by atoms with E-state index < -0.39 is 0 Å². The Hall–Kier alpha value is -1.19. The molecule has 0 aromatic heterocycles. The number of benzene rings is 2. The lowest BCUT2D eigenvalue weighted by molar-refractivity contribution is 0.401. The standard InChI is InChI=1S/C16H17BrFN/c1-16(2,13-5-7-14(17)8-6-13)19-11-12-3-9-15(18)10-4-12/h3-10,19H,11H2,1-2H3. The van der Waals surface area contributed by atoms with Crippen LogP contribution in [0.5, 0.6) is 0 Å². The number of hydrogen-bond acceptors (Lipinski definition) is 1. The Balaban J connectivity index is 2.04. The molecule has 0 aliphatic rings. The highest BCUT2D eigenvalue weighted by Crippen LogP contribution is 2.22. The number of rotatable bonds is 4. The van der Waals surface area contributed by atoms with Crippen LogP contribution in [0.15, 0.2) is 53.0 Å². The minimum Gasteiger partial charge on any atom is -0.304 e. The number of halogens is 2. The highest BCUT2D eigenvalue weighted by molar-refractivity contribution is 9.10. The van der Waals surface area contributed by atoms with Gasteiger partial charge in [0.15, 0.2) is 0 Å². The van der Waals surface area contributed by atoms with Gasteiger partial charge in [0.1, 0.15) is 5.82 Å². The highest BCUT2D eigenvalue weighted by Gasteiger charge is 2.19. The maximum Gasteiger partial charge on any atom is 0.123 e. The first-order valence-electron chi connectivity index (χ1n) is 6.23. The zero-order valence-corrected chi connectivity index (χ0v) is 12.7. The molecule has 0 aliphatic carbocycles. The van der Waals surface area contributed by atoms with Gasteiger partial charge in [-0.3, -0.25) is 0 Å². The maximum absolute atomic E-state index is 12.8. The van der Waals surface area contributed by atoms with E-state index >= 15 is 0 Å². The summed E-state index contributed by atoms with van der Waals surface area (Å²) in [6.45, 7) is 4.99. The van der Waals surface area contributed by atoms with Gasteiger partial charge in [-0.05, 0) is 49.2 Å². The predicted octanol–water partition coefficient (Wildman–Crippen LogP) is 4.61. The van der Waals surface area contributed by atoms with E-state index in [0.717, 1.165) is 10.0 Å². The van der Waals surface area contributed by atoms with Crippen LogP contribution in [0.4, 0.5) is 4.39 Å². The SMILES string of the molecule is CC(C)(NCc1ccc(F)cc1)c1ccc(Br)cc1. The summed E-state index contributed by atoms with van der Waals surface area (Å²) < 4.78 is 13.9. The first-order valence-corrected chi connectivity index (χ1v) is 7.02. The molecule has 2 rings (SSSR count). The van der Waals surface area contributed by atoms with Crippen LogP contribution in [0, 0.1) is 5.82 Å². The van der Waals surface area contributed by atoms with Gasteiger partial charge in [-0.25, -0.2) is 4.39 Å². The summed E-state index contributed by atoms with van der Waals surface area (Å²) in [6.07, 6.45) is 0. The van der Waals surface area contributed by atoms with Gasteiger partial charge in [0.2, 0.25) is 0 Å². The quantitative estimate of drug-likeness (QED) is 0.866. The molecule has 1 N–H and O–H groups in total. The zero-order valence-electron chi connectivity index (χ0n) is 11.1. The van der Waals surface area contributed by atoms with E-state index in [2.05, 4.69) is 47.2 Å². The third kappa shape index (κ3) is 3.88. The van der Waals surface area contributed by atoms with Crippen LogP contribution in [0.25, 0.3) is 0 Å². The lowest BCUT2D eigenvalue weighted by Crippen LogP contribution is -2.35. The second kappa shape index (κ2) is 5.85. The van der Waals surface area contributed by atoms with Gasteiger partial charge in [0.05, 0.1) is 0 Å². The molecule has 0 saturated carbocycles. The van der Waals surface area contributed by atoms with Crippen LogP contribution >= 0.6 is 15.9 Å². The third-order valence-corrected chi connectivity index (χ3v) is 3.74. The molecular weight excluding hydrogens is 305 g/mol. The van der Waals surface area contributed by atoms with E-state index in [1.54, 1.807) is 12.1 Å². The van der Waals surface area contributed by atoms with E-state index in [1.165, 1.54) is 17.7 Å². The van der Waals surface area contributed by atoms with Crippen molar-refractivity contribution in [3.05, 3.63) is 69.9 Å². The van der Waals surface area contributed by atoms with E-state index in [-0.39, 0.29) is 11.4 Å². The molecule has 0 saturated heterocycles. The fraction of sp³-hybridized carbons (Fsp3) is 0.250. The van der Waals surface area contributed by atoms with Crippen LogP contribution in [0.2, 0.25) is 0 Å². The Morgan fingerprint density at radius 3 is 2.16 bits per heavy atom. The summed E-state index contributed by atoms with van der Waals surface area (Å²) in [5, 5.41) is 3.49. The minimum absolute atomic E-state index is 0.130. The fourth-order valence-corrected chi connectivity index (χ4v) is 2.16. The topological polar surface area (TPSA) is 12.0 Å². The van der Waals surface area contributed by atoms with Gasteiger partial charge in [0.25, 0.3) is 0 Å². The molecule has 2 aromatic rings. The van der Waals surface area contributed by atoms with Gasteiger partial charge in [0, 0.05) is 16.6 Å². The molecule has 0 aliphatic heterocycles. The van der Waals surface area contributed by atoms with Crippen molar-refractivity contribution in [2.75, 3.05) is 0 Å². The normalized spacial score (nSPS) is 11.6. The highest BCUT2D eigenvalue weighted by atomic mass is 79.9. The van der Waals surface area contributed by atoms with Gasteiger partial charge >= 0.3 is 0 Å². The lowest BCUT2D eigenvalue weighted by Gasteiger charge is -2.27. The summed E-state index contributed by atoms with van der Waals surface area (Å²) in [5.74, 6) is -0.198. The van der Waals surface area contributed by atoms with Crippen molar-refractivity contribution >= 4 is 15.9 Å². The van der Waals surface area contributed by atoms with E-state index in [1.807, 2.05) is 12.1 Å². The molecule has 19 heavy (non-hydrogen) atoms. The molecule has 3 heteroatoms. The van der Waals surface area contributed by atoms with Crippen molar-refractivity contribution in [3.63, 3.8) is 0 Å². The van der Waals surface area contributed by atoms with Crippen molar-refractivity contribution in [1.82, 2.24) is 5.32 Å². The first kappa shape index (κ1) is 14.2. The summed E-state index contributed by atoms with van der Waals surface area (Å²) in [4.78, 5) is 0. The van der Waals surface area contributed by atoms with Crippen LogP contribution in [0.3, 0.4) is 0 Å². The molecular formula is C16H17BrFN. The van der Waals surface area contributed by atoms with Crippen molar-refractivity contribution < 1.29 is 4.39 Å². The molecule has 0 spiro atoms. The van der Waals surface area contributed by atoms with Gasteiger partial charge in [-0.1, -0.05) is 40.2 Å². The second-order valence-electron chi connectivity index (χ2n) is 5.11. The molecule has 0 fully saturated rings. The van der Waals surface area contributed by atoms with Crippen molar-refractivity contribution in [2.45, 2.75) is 25.9 Å². The Labute approximate surface area is 122 Å². The van der Waals surface area contributed by atoms with Crippen LogP contribution in [-0.4, -0.2) is 0 Å². The molecule has 0 unspecified atom stereocenters. The monoisotopic (exact) mass is 321 g/mol. The molecule has 1 nitrogen and oxygen atoms in total. The van der Waals surface area contributed by atoms with E-state index in [0.29, 0.717) is 6.54 Å². The summed E-state index contributed by atoms with van der Waals surface area (Å²) >= 11 is 3.44. The van der Waals surface area contributed by atoms with Crippen molar-refractivity contribution in [3.8, 4) is 0 Å². The summed E-state index contributed by atoms with van der Waals surface area (Å²) in [5.41, 5.74) is 2.17. The smallest absolute Gasteiger partial charge is 0.123 e. The summed E-state index contributed by atoms with van der Waals surface area (Å²) in [7, 11) is 0. The van der Waals surface area contributed by atoms with Crippen LogP contribution in [-0.2, 0) is 12.1 Å². The molecule has 2 aromatic carbocycles. The Kier molecular flexibility index (Phi) is 4.38. The molecule has 0 radical (unpaired) electrons. The molecule has 0 heterocycles. The van der Waals surface area contributed by atoms with Crippen molar-refractivity contribution in [1.29, 1.82) is 0 Å². The molecule has 100 valence electrons. The lowest BCUT2D eigenvalue weighted by atomic mass is 9.94. The average molecular weight is 322 g/mol. The maximum atomic E-state index is 12.8. The predicted molar refractivity (Wildman–Crippen MR) is 80.4 cm³/mol. The Morgan fingerprint density at radius 2 is 1.58 bits per heavy atom. The fourth-order valence-electron chi connectivity index (χ4n) is 1.89. The largest absolute Gasteiger partial charge is 0.304 e. The summed E-state index contributed by atoms with van der Waals surface area (Å²) in [6, 6.07) is 14.9. The minimum atomic E-state index is -0.198. The van der Waals surface area contributed by atoms with Crippen LogP contribution in [0.1, 0.15) is 25.0 Å². The Morgan fingerprint density at radius 1 is 1.00 bits per heavy atom. The van der Waals surface area contributed by atoms with Gasteiger partial charge in [-0.2, -0.15) is 0 Å².